The van der Waals surface area contributed by atoms with Gasteiger partial charge in [0.05, 0.1) is 11.1 Å². The topological polar surface area (TPSA) is 15.8 Å². The van der Waals surface area contributed by atoms with Crippen LogP contribution in [0.15, 0.2) is 12.1 Å². The molecule has 0 atom stereocenters. The highest BCUT2D eigenvalue weighted by molar-refractivity contribution is 5.86. The van der Waals surface area contributed by atoms with E-state index < -0.39 is 17.6 Å². The third-order valence-electron chi connectivity index (χ3n) is 3.49. The number of hydrogen-bond donors (Lipinski definition) is 1. The van der Waals surface area contributed by atoms with Gasteiger partial charge in [0, 0.05) is 11.1 Å². The first-order valence-corrected chi connectivity index (χ1v) is 5.87. The number of nitrogens with one attached hydrogen (secondary N) is 1. The zero-order chi connectivity index (χ0) is 12.9. The van der Waals surface area contributed by atoms with Gasteiger partial charge in [0.25, 0.3) is 0 Å². The van der Waals surface area contributed by atoms with Crippen molar-refractivity contribution in [2.45, 2.75) is 31.9 Å². The van der Waals surface area contributed by atoms with E-state index in [1.54, 1.807) is 0 Å². The molecule has 5 heteroatoms. The predicted molar refractivity (Wildman–Crippen MR) is 59.9 cm³/mol. The van der Waals surface area contributed by atoms with Gasteiger partial charge in [-0.3, -0.25) is 0 Å². The summed E-state index contributed by atoms with van der Waals surface area (Å²) in [6.45, 7) is 0. The van der Waals surface area contributed by atoms with Gasteiger partial charge in [0.15, 0.2) is 0 Å². The van der Waals surface area contributed by atoms with E-state index in [1.807, 2.05) is 0 Å². The normalized spacial score (nSPS) is 16.0. The lowest BCUT2D eigenvalue weighted by Gasteiger charge is -2.11. The number of H-pyrrole nitrogens is 1. The van der Waals surface area contributed by atoms with E-state index in [0.29, 0.717) is 11.5 Å². The Bertz CT molecular complexity index is 609. The minimum atomic E-state index is -4.51. The lowest BCUT2D eigenvalue weighted by atomic mass is 9.95. The molecule has 1 N–H and O–H groups in total. The van der Waals surface area contributed by atoms with Crippen molar-refractivity contribution in [3.8, 4) is 0 Å². The average Bonchev–Trinajstić information content (AvgIpc) is 2.67. The molecule has 0 unspecified atom stereocenters. The monoisotopic (exact) mass is 257 g/mol. The molecule has 2 aromatic rings. The van der Waals surface area contributed by atoms with E-state index in [9.17, 15) is 17.6 Å². The first kappa shape index (κ1) is 11.6. The number of benzene rings is 1. The molecule has 1 heterocycles. The van der Waals surface area contributed by atoms with Crippen LogP contribution in [-0.2, 0) is 19.0 Å². The second-order valence-corrected chi connectivity index (χ2v) is 4.67. The second kappa shape index (κ2) is 3.73. The fourth-order valence-corrected chi connectivity index (χ4v) is 2.63. The van der Waals surface area contributed by atoms with Gasteiger partial charge in [-0.15, -0.1) is 0 Å². The Balaban J connectivity index is 2.28. The second-order valence-electron chi connectivity index (χ2n) is 4.67. The number of alkyl halides is 3. The lowest BCUT2D eigenvalue weighted by molar-refractivity contribution is -0.137. The summed E-state index contributed by atoms with van der Waals surface area (Å²) < 4.78 is 51.7. The van der Waals surface area contributed by atoms with E-state index in [2.05, 4.69) is 4.98 Å². The maximum Gasteiger partial charge on any atom is 0.416 e. The van der Waals surface area contributed by atoms with E-state index in [4.69, 9.17) is 0 Å². The Kier molecular flexibility index (Phi) is 2.40. The summed E-state index contributed by atoms with van der Waals surface area (Å²) in [4.78, 5) is 2.92. The standard InChI is InChI=1S/C13H11F4N/c14-10-6-7(13(15,16)17)5-9-8-3-1-2-4-11(8)18-12(9)10/h5-6,18H,1-4H2. The van der Waals surface area contributed by atoms with Crippen molar-refractivity contribution in [3.63, 3.8) is 0 Å². The Morgan fingerprint density at radius 1 is 1.06 bits per heavy atom. The quantitative estimate of drug-likeness (QED) is 0.681. The van der Waals surface area contributed by atoms with Crippen LogP contribution in [0.25, 0.3) is 10.9 Å². The molecule has 3 rings (SSSR count). The zero-order valence-corrected chi connectivity index (χ0v) is 9.49. The summed E-state index contributed by atoms with van der Waals surface area (Å²) in [5.41, 5.74) is 1.02. The molecule has 0 fully saturated rings. The van der Waals surface area contributed by atoms with Crippen LogP contribution >= 0.6 is 0 Å². The number of fused-ring (bicyclic) bond motifs is 3. The minimum Gasteiger partial charge on any atom is -0.356 e. The Morgan fingerprint density at radius 2 is 1.78 bits per heavy atom. The lowest BCUT2D eigenvalue weighted by Crippen LogP contribution is -2.05. The van der Waals surface area contributed by atoms with Crippen LogP contribution in [0.3, 0.4) is 0 Å². The highest BCUT2D eigenvalue weighted by atomic mass is 19.4. The maximum absolute atomic E-state index is 13.7. The van der Waals surface area contributed by atoms with E-state index in [-0.39, 0.29) is 5.52 Å². The summed E-state index contributed by atoms with van der Waals surface area (Å²) in [7, 11) is 0. The van der Waals surface area contributed by atoms with Crippen molar-refractivity contribution >= 4 is 10.9 Å². The maximum atomic E-state index is 13.7. The van der Waals surface area contributed by atoms with Crippen LogP contribution in [0.4, 0.5) is 17.6 Å². The molecule has 0 radical (unpaired) electrons. The zero-order valence-electron chi connectivity index (χ0n) is 9.49. The van der Waals surface area contributed by atoms with Gasteiger partial charge in [-0.1, -0.05) is 0 Å². The number of aromatic amines is 1. The van der Waals surface area contributed by atoms with E-state index in [1.165, 1.54) is 0 Å². The molecule has 1 aromatic carbocycles. The molecular weight excluding hydrogens is 246 g/mol. The predicted octanol–water partition coefficient (Wildman–Crippen LogP) is 4.20. The molecule has 1 aliphatic carbocycles. The number of rotatable bonds is 0. The third kappa shape index (κ3) is 1.69. The molecule has 18 heavy (non-hydrogen) atoms. The largest absolute Gasteiger partial charge is 0.416 e. The van der Waals surface area contributed by atoms with E-state index >= 15 is 0 Å². The molecule has 0 aliphatic heterocycles. The minimum absolute atomic E-state index is 0.204. The summed E-state index contributed by atoms with van der Waals surface area (Å²) in [6, 6.07) is 1.61. The van der Waals surface area contributed by atoms with Gasteiger partial charge in [-0.2, -0.15) is 13.2 Å². The molecule has 0 saturated heterocycles. The first-order chi connectivity index (χ1) is 8.47. The molecule has 0 bridgehead atoms. The van der Waals surface area contributed by atoms with Crippen LogP contribution in [-0.4, -0.2) is 4.98 Å². The Labute approximate surface area is 101 Å². The first-order valence-electron chi connectivity index (χ1n) is 5.87. The van der Waals surface area contributed by atoms with Gasteiger partial charge in [-0.05, 0) is 43.4 Å². The molecular formula is C13H11F4N. The Morgan fingerprint density at radius 3 is 2.50 bits per heavy atom. The third-order valence-corrected chi connectivity index (χ3v) is 3.49. The van der Waals surface area contributed by atoms with Crippen LogP contribution in [0.1, 0.15) is 29.7 Å². The molecule has 1 aliphatic rings. The SMILES string of the molecule is Fc1cc(C(F)(F)F)cc2c3c([nH]c12)CCCC3. The van der Waals surface area contributed by atoms with Gasteiger partial charge in [0.1, 0.15) is 5.82 Å². The fraction of sp³-hybridized carbons (Fsp3) is 0.385. The fourth-order valence-electron chi connectivity index (χ4n) is 2.63. The highest BCUT2D eigenvalue weighted by Gasteiger charge is 2.32. The smallest absolute Gasteiger partial charge is 0.356 e. The van der Waals surface area contributed by atoms with Crippen molar-refractivity contribution in [3.05, 3.63) is 34.8 Å². The van der Waals surface area contributed by atoms with Crippen LogP contribution < -0.4 is 0 Å². The van der Waals surface area contributed by atoms with Crippen molar-refractivity contribution in [2.24, 2.45) is 0 Å². The highest BCUT2D eigenvalue weighted by Crippen LogP contribution is 2.36. The van der Waals surface area contributed by atoms with Crippen LogP contribution in [0.2, 0.25) is 0 Å². The van der Waals surface area contributed by atoms with Crippen molar-refractivity contribution in [1.82, 2.24) is 4.98 Å². The average molecular weight is 257 g/mol. The number of aryl methyl sites for hydroxylation is 2. The van der Waals surface area contributed by atoms with Crippen LogP contribution in [0.5, 0.6) is 0 Å². The van der Waals surface area contributed by atoms with Gasteiger partial charge in [0.2, 0.25) is 0 Å². The molecule has 1 nitrogen and oxygen atoms in total. The molecule has 0 saturated carbocycles. The summed E-state index contributed by atoms with van der Waals surface area (Å²) in [6.07, 6.45) is -1.07. The number of aromatic nitrogens is 1. The Hall–Kier alpha value is -1.52. The summed E-state index contributed by atoms with van der Waals surface area (Å²) in [5.74, 6) is -0.825. The number of hydrogen-bond acceptors (Lipinski definition) is 0. The van der Waals surface area contributed by atoms with Gasteiger partial charge in [-0.25, -0.2) is 4.39 Å². The molecule has 0 spiro atoms. The van der Waals surface area contributed by atoms with Crippen molar-refractivity contribution < 1.29 is 17.6 Å². The van der Waals surface area contributed by atoms with Gasteiger partial charge < -0.3 is 4.98 Å². The van der Waals surface area contributed by atoms with E-state index in [0.717, 1.165) is 43.0 Å². The summed E-state index contributed by atoms with van der Waals surface area (Å²) in [5, 5.41) is 0.386. The van der Waals surface area contributed by atoms with Crippen molar-refractivity contribution in [2.75, 3.05) is 0 Å². The number of halogens is 4. The molecule has 1 aromatic heterocycles. The summed E-state index contributed by atoms with van der Waals surface area (Å²) >= 11 is 0. The molecule has 96 valence electrons. The molecule has 0 amide bonds. The van der Waals surface area contributed by atoms with Crippen molar-refractivity contribution in [1.29, 1.82) is 0 Å². The van der Waals surface area contributed by atoms with Gasteiger partial charge >= 0.3 is 6.18 Å². The van der Waals surface area contributed by atoms with Crippen LogP contribution in [0, 0.1) is 5.82 Å².